The van der Waals surface area contributed by atoms with Gasteiger partial charge in [0.1, 0.15) is 6.10 Å². The molecular weight excluding hydrogens is 202 g/mol. The van der Waals surface area contributed by atoms with Crippen molar-refractivity contribution in [2.24, 2.45) is 5.92 Å². The molecule has 1 atom stereocenters. The van der Waals surface area contributed by atoms with Gasteiger partial charge in [-0.2, -0.15) is 0 Å². The fourth-order valence-electron chi connectivity index (χ4n) is 2.22. The van der Waals surface area contributed by atoms with Gasteiger partial charge in [0.25, 0.3) is 5.91 Å². The Morgan fingerprint density at radius 2 is 1.88 bits per heavy atom. The van der Waals surface area contributed by atoms with Gasteiger partial charge in [-0.05, 0) is 30.9 Å². The van der Waals surface area contributed by atoms with E-state index in [-0.39, 0.29) is 11.8 Å². The predicted octanol–water partition coefficient (Wildman–Crippen LogP) is 2.18. The van der Waals surface area contributed by atoms with E-state index >= 15 is 0 Å². The van der Waals surface area contributed by atoms with E-state index in [0.717, 1.165) is 31.4 Å². The standard InChI is InChI=1S/C13H17NO2/c15-12(10-6-4-5-7-10)13(16)14-11-8-2-1-3-9-11/h1-3,8-10,12,15H,4-7H2,(H,14,16)/t12-/m1/s1. The van der Waals surface area contributed by atoms with E-state index in [2.05, 4.69) is 5.32 Å². The van der Waals surface area contributed by atoms with Gasteiger partial charge in [-0.1, -0.05) is 31.0 Å². The normalized spacial score (nSPS) is 18.3. The summed E-state index contributed by atoms with van der Waals surface area (Å²) in [6.07, 6.45) is 3.32. The molecular formula is C13H17NO2. The first-order valence-corrected chi connectivity index (χ1v) is 5.81. The number of hydrogen-bond donors (Lipinski definition) is 2. The van der Waals surface area contributed by atoms with Crippen LogP contribution in [0.4, 0.5) is 5.69 Å². The number of aliphatic hydroxyl groups is 1. The first-order chi connectivity index (χ1) is 7.77. The lowest BCUT2D eigenvalue weighted by molar-refractivity contribution is -0.126. The largest absolute Gasteiger partial charge is 0.383 e. The second-order valence-electron chi connectivity index (χ2n) is 4.34. The van der Waals surface area contributed by atoms with E-state index in [1.54, 1.807) is 0 Å². The molecule has 0 unspecified atom stereocenters. The summed E-state index contributed by atoms with van der Waals surface area (Å²) in [6.45, 7) is 0. The molecule has 2 N–H and O–H groups in total. The Labute approximate surface area is 95.5 Å². The third-order valence-electron chi connectivity index (χ3n) is 3.16. The molecule has 1 amide bonds. The van der Waals surface area contributed by atoms with Gasteiger partial charge in [0.2, 0.25) is 0 Å². The van der Waals surface area contributed by atoms with Crippen LogP contribution in [0.1, 0.15) is 25.7 Å². The van der Waals surface area contributed by atoms with Gasteiger partial charge >= 0.3 is 0 Å². The van der Waals surface area contributed by atoms with Crippen molar-refractivity contribution >= 4 is 11.6 Å². The molecule has 3 heteroatoms. The average Bonchev–Trinajstić information content (AvgIpc) is 2.83. The number of carbonyl (C=O) groups excluding carboxylic acids is 1. The number of hydrogen-bond acceptors (Lipinski definition) is 2. The lowest BCUT2D eigenvalue weighted by atomic mass is 10.0. The average molecular weight is 219 g/mol. The maximum atomic E-state index is 11.7. The highest BCUT2D eigenvalue weighted by atomic mass is 16.3. The molecule has 1 saturated carbocycles. The smallest absolute Gasteiger partial charge is 0.253 e. The number of aliphatic hydroxyl groups excluding tert-OH is 1. The highest BCUT2D eigenvalue weighted by Crippen LogP contribution is 2.28. The molecule has 0 aliphatic heterocycles. The van der Waals surface area contributed by atoms with Crippen molar-refractivity contribution in [1.82, 2.24) is 0 Å². The Morgan fingerprint density at radius 1 is 1.25 bits per heavy atom. The van der Waals surface area contributed by atoms with E-state index in [1.165, 1.54) is 0 Å². The van der Waals surface area contributed by atoms with Crippen LogP contribution in [0.25, 0.3) is 0 Å². The van der Waals surface area contributed by atoms with Crippen LogP contribution in [0.5, 0.6) is 0 Å². The third kappa shape index (κ3) is 2.61. The van der Waals surface area contributed by atoms with Crippen LogP contribution in [0, 0.1) is 5.92 Å². The maximum Gasteiger partial charge on any atom is 0.253 e. The minimum atomic E-state index is -0.859. The second-order valence-corrected chi connectivity index (χ2v) is 4.34. The Morgan fingerprint density at radius 3 is 2.50 bits per heavy atom. The summed E-state index contributed by atoms with van der Waals surface area (Å²) < 4.78 is 0. The van der Waals surface area contributed by atoms with Crippen LogP contribution < -0.4 is 5.32 Å². The zero-order valence-corrected chi connectivity index (χ0v) is 9.23. The van der Waals surface area contributed by atoms with Gasteiger partial charge < -0.3 is 10.4 Å². The van der Waals surface area contributed by atoms with Crippen LogP contribution in [0.15, 0.2) is 30.3 Å². The zero-order chi connectivity index (χ0) is 11.4. The van der Waals surface area contributed by atoms with Crippen molar-refractivity contribution in [3.63, 3.8) is 0 Å². The lowest BCUT2D eigenvalue weighted by Gasteiger charge is -2.16. The molecule has 1 aliphatic rings. The monoisotopic (exact) mass is 219 g/mol. The quantitative estimate of drug-likeness (QED) is 0.818. The fourth-order valence-corrected chi connectivity index (χ4v) is 2.22. The summed E-state index contributed by atoms with van der Waals surface area (Å²) in [6, 6.07) is 9.25. The van der Waals surface area contributed by atoms with Crippen LogP contribution in [-0.4, -0.2) is 17.1 Å². The van der Waals surface area contributed by atoms with Gasteiger partial charge in [-0.15, -0.1) is 0 Å². The maximum absolute atomic E-state index is 11.7. The zero-order valence-electron chi connectivity index (χ0n) is 9.23. The molecule has 1 aromatic carbocycles. The molecule has 0 heterocycles. The topological polar surface area (TPSA) is 49.3 Å². The number of nitrogens with one attached hydrogen (secondary N) is 1. The highest BCUT2D eigenvalue weighted by Gasteiger charge is 2.28. The lowest BCUT2D eigenvalue weighted by Crippen LogP contribution is -2.33. The molecule has 2 rings (SSSR count). The second kappa shape index (κ2) is 5.12. The van der Waals surface area contributed by atoms with Crippen molar-refractivity contribution in [3.05, 3.63) is 30.3 Å². The Balaban J connectivity index is 1.92. The molecule has 1 aliphatic carbocycles. The molecule has 1 fully saturated rings. The summed E-state index contributed by atoms with van der Waals surface area (Å²) in [4.78, 5) is 11.7. The van der Waals surface area contributed by atoms with E-state index in [4.69, 9.17) is 0 Å². The van der Waals surface area contributed by atoms with Crippen molar-refractivity contribution in [1.29, 1.82) is 0 Å². The molecule has 0 spiro atoms. The van der Waals surface area contributed by atoms with Gasteiger partial charge in [0.05, 0.1) is 0 Å². The van der Waals surface area contributed by atoms with Gasteiger partial charge in [-0.25, -0.2) is 0 Å². The number of amides is 1. The minimum Gasteiger partial charge on any atom is -0.383 e. The number of anilines is 1. The SMILES string of the molecule is O=C(Nc1ccccc1)[C@H](O)C1CCCC1. The van der Waals surface area contributed by atoms with Crippen molar-refractivity contribution in [2.75, 3.05) is 5.32 Å². The predicted molar refractivity (Wildman–Crippen MR) is 63.0 cm³/mol. The number of para-hydroxylation sites is 1. The summed E-state index contributed by atoms with van der Waals surface area (Å²) in [7, 11) is 0. The Kier molecular flexibility index (Phi) is 3.57. The summed E-state index contributed by atoms with van der Waals surface area (Å²) >= 11 is 0. The van der Waals surface area contributed by atoms with Gasteiger partial charge in [0.15, 0.2) is 0 Å². The summed E-state index contributed by atoms with van der Waals surface area (Å²) in [5.74, 6) is -0.137. The van der Waals surface area contributed by atoms with Crippen molar-refractivity contribution < 1.29 is 9.90 Å². The minimum absolute atomic E-state index is 0.142. The molecule has 1 aromatic rings. The Bertz CT molecular complexity index is 344. The third-order valence-corrected chi connectivity index (χ3v) is 3.16. The van der Waals surface area contributed by atoms with E-state index in [0.29, 0.717) is 0 Å². The molecule has 0 saturated heterocycles. The van der Waals surface area contributed by atoms with Crippen LogP contribution in [0.3, 0.4) is 0 Å². The number of carbonyl (C=O) groups is 1. The first kappa shape index (κ1) is 11.1. The summed E-state index contributed by atoms with van der Waals surface area (Å²) in [5, 5.41) is 12.6. The van der Waals surface area contributed by atoms with Crippen LogP contribution >= 0.6 is 0 Å². The highest BCUT2D eigenvalue weighted by molar-refractivity contribution is 5.94. The molecule has 0 aromatic heterocycles. The van der Waals surface area contributed by atoms with Crippen LogP contribution in [0.2, 0.25) is 0 Å². The summed E-state index contributed by atoms with van der Waals surface area (Å²) in [5.41, 5.74) is 0.740. The Hall–Kier alpha value is -1.35. The molecule has 0 bridgehead atoms. The molecule has 16 heavy (non-hydrogen) atoms. The fraction of sp³-hybridized carbons (Fsp3) is 0.462. The molecule has 86 valence electrons. The van der Waals surface area contributed by atoms with E-state index in [1.807, 2.05) is 30.3 Å². The first-order valence-electron chi connectivity index (χ1n) is 5.81. The van der Waals surface area contributed by atoms with E-state index < -0.39 is 6.10 Å². The van der Waals surface area contributed by atoms with Crippen LogP contribution in [-0.2, 0) is 4.79 Å². The number of rotatable bonds is 3. The number of benzene rings is 1. The molecule has 3 nitrogen and oxygen atoms in total. The molecule has 0 radical (unpaired) electrons. The van der Waals surface area contributed by atoms with Gasteiger partial charge in [0, 0.05) is 5.69 Å². The van der Waals surface area contributed by atoms with E-state index in [9.17, 15) is 9.90 Å². The van der Waals surface area contributed by atoms with Crippen molar-refractivity contribution in [3.8, 4) is 0 Å². The van der Waals surface area contributed by atoms with Gasteiger partial charge in [-0.3, -0.25) is 4.79 Å². The van der Waals surface area contributed by atoms with Crippen molar-refractivity contribution in [2.45, 2.75) is 31.8 Å².